The first kappa shape index (κ1) is 19.4. The second kappa shape index (κ2) is 9.50. The molecule has 26 heavy (non-hydrogen) atoms. The van der Waals surface area contributed by atoms with Crippen molar-refractivity contribution in [1.29, 1.82) is 0 Å². The fraction of sp³-hybridized carbons (Fsp3) is 0.286. The summed E-state index contributed by atoms with van der Waals surface area (Å²) < 4.78 is 15.6. The van der Waals surface area contributed by atoms with Crippen LogP contribution in [0.1, 0.15) is 21.5 Å². The van der Waals surface area contributed by atoms with Crippen molar-refractivity contribution < 1.29 is 19.0 Å². The quantitative estimate of drug-likeness (QED) is 0.590. The molecule has 0 bridgehead atoms. The summed E-state index contributed by atoms with van der Waals surface area (Å²) in [6.07, 6.45) is 0. The topological polar surface area (TPSA) is 48.0 Å². The van der Waals surface area contributed by atoms with Crippen molar-refractivity contribution in [3.8, 4) is 23.3 Å². The molecule has 0 saturated heterocycles. The third-order valence-electron chi connectivity index (χ3n) is 3.62. The summed E-state index contributed by atoms with van der Waals surface area (Å²) >= 11 is 0. The number of esters is 1. The highest BCUT2D eigenvalue weighted by Crippen LogP contribution is 2.20. The number of methoxy groups -OCH3 is 2. The first-order valence-electron chi connectivity index (χ1n) is 8.19. The third kappa shape index (κ3) is 5.54. The van der Waals surface area contributed by atoms with Crippen molar-refractivity contribution in [3.05, 3.63) is 59.2 Å². The molecule has 0 amide bonds. The number of benzene rings is 2. The van der Waals surface area contributed by atoms with Crippen LogP contribution in [0.5, 0.6) is 11.5 Å². The van der Waals surface area contributed by atoms with Gasteiger partial charge >= 0.3 is 5.97 Å². The molecule has 0 heterocycles. The molecule has 0 saturated carbocycles. The maximum Gasteiger partial charge on any atom is 0.341 e. The summed E-state index contributed by atoms with van der Waals surface area (Å²) in [7, 11) is 6.86. The Balaban J connectivity index is 2.07. The van der Waals surface area contributed by atoms with Gasteiger partial charge in [-0.25, -0.2) is 4.79 Å². The number of hydrogen-bond acceptors (Lipinski definition) is 5. The van der Waals surface area contributed by atoms with E-state index in [1.165, 1.54) is 14.2 Å². The Hall–Kier alpha value is -2.97. The van der Waals surface area contributed by atoms with Crippen LogP contribution in [0, 0.1) is 11.8 Å². The standard InChI is InChI=1S/C21H23NO4/c1-22(2)13-14-26-18-10-7-16(8-11-18)5-6-17-9-12-19(21(23)25-4)20(15-17)24-3/h7-12,15H,13-14H2,1-4H3. The summed E-state index contributed by atoms with van der Waals surface area (Å²) in [6.45, 7) is 1.51. The molecule has 2 aromatic rings. The van der Waals surface area contributed by atoms with Crippen molar-refractivity contribution in [2.75, 3.05) is 41.5 Å². The fourth-order valence-corrected chi connectivity index (χ4v) is 2.17. The molecule has 0 aliphatic heterocycles. The van der Waals surface area contributed by atoms with Gasteiger partial charge in [0.15, 0.2) is 0 Å². The van der Waals surface area contributed by atoms with E-state index in [1.54, 1.807) is 18.2 Å². The van der Waals surface area contributed by atoms with Gasteiger partial charge in [0.2, 0.25) is 0 Å². The van der Waals surface area contributed by atoms with E-state index in [1.807, 2.05) is 38.4 Å². The fourth-order valence-electron chi connectivity index (χ4n) is 2.17. The van der Waals surface area contributed by atoms with E-state index in [0.29, 0.717) is 17.9 Å². The molecular weight excluding hydrogens is 330 g/mol. The largest absolute Gasteiger partial charge is 0.496 e. The smallest absolute Gasteiger partial charge is 0.341 e. The highest BCUT2D eigenvalue weighted by molar-refractivity contribution is 5.92. The molecule has 0 unspecified atom stereocenters. The maximum atomic E-state index is 11.7. The summed E-state index contributed by atoms with van der Waals surface area (Å²) in [5, 5.41) is 0. The minimum atomic E-state index is -0.439. The number of hydrogen-bond donors (Lipinski definition) is 0. The Morgan fingerprint density at radius 2 is 1.65 bits per heavy atom. The van der Waals surface area contributed by atoms with Gasteiger partial charge in [-0.2, -0.15) is 0 Å². The van der Waals surface area contributed by atoms with Crippen LogP contribution in [0.2, 0.25) is 0 Å². The number of carbonyl (C=O) groups is 1. The Morgan fingerprint density at radius 3 is 2.27 bits per heavy atom. The van der Waals surface area contributed by atoms with Gasteiger partial charge in [-0.1, -0.05) is 11.8 Å². The van der Waals surface area contributed by atoms with E-state index >= 15 is 0 Å². The van der Waals surface area contributed by atoms with Gasteiger partial charge in [0, 0.05) is 17.7 Å². The average Bonchev–Trinajstić information content (AvgIpc) is 2.66. The average molecular weight is 353 g/mol. The van der Waals surface area contributed by atoms with Crippen LogP contribution in [-0.2, 0) is 4.74 Å². The van der Waals surface area contributed by atoms with Crippen LogP contribution in [0.25, 0.3) is 0 Å². The number of rotatable bonds is 6. The van der Waals surface area contributed by atoms with Crippen molar-refractivity contribution in [2.24, 2.45) is 0 Å². The Bertz CT molecular complexity index is 801. The lowest BCUT2D eigenvalue weighted by atomic mass is 10.1. The summed E-state index contributed by atoms with van der Waals surface area (Å²) in [5.74, 6) is 6.98. The predicted octanol–water partition coefficient (Wildman–Crippen LogP) is 2.82. The first-order valence-corrected chi connectivity index (χ1v) is 8.19. The van der Waals surface area contributed by atoms with Gasteiger partial charge in [0.1, 0.15) is 23.7 Å². The third-order valence-corrected chi connectivity index (χ3v) is 3.62. The molecule has 0 N–H and O–H groups in total. The zero-order valence-corrected chi connectivity index (χ0v) is 15.5. The van der Waals surface area contributed by atoms with Crippen LogP contribution < -0.4 is 9.47 Å². The minimum Gasteiger partial charge on any atom is -0.496 e. The predicted molar refractivity (Wildman–Crippen MR) is 101 cm³/mol. The Morgan fingerprint density at radius 1 is 1.00 bits per heavy atom. The number of nitrogens with zero attached hydrogens (tertiary/aromatic N) is 1. The van der Waals surface area contributed by atoms with Crippen LogP contribution >= 0.6 is 0 Å². The van der Waals surface area contributed by atoms with Gasteiger partial charge in [0.05, 0.1) is 14.2 Å². The second-order valence-corrected chi connectivity index (χ2v) is 5.83. The van der Waals surface area contributed by atoms with Gasteiger partial charge in [0.25, 0.3) is 0 Å². The van der Waals surface area contributed by atoms with Gasteiger partial charge in [-0.3, -0.25) is 0 Å². The van der Waals surface area contributed by atoms with Crippen molar-refractivity contribution in [2.45, 2.75) is 0 Å². The van der Waals surface area contributed by atoms with Crippen LogP contribution in [-0.4, -0.2) is 52.3 Å². The highest BCUT2D eigenvalue weighted by atomic mass is 16.5. The molecule has 136 valence electrons. The number of likely N-dealkylation sites (N-methyl/N-ethyl adjacent to an activating group) is 1. The van der Waals surface area contributed by atoms with Crippen molar-refractivity contribution >= 4 is 5.97 Å². The van der Waals surface area contributed by atoms with Gasteiger partial charge in [-0.15, -0.1) is 0 Å². The van der Waals surface area contributed by atoms with Crippen LogP contribution in [0.15, 0.2) is 42.5 Å². The van der Waals surface area contributed by atoms with Crippen LogP contribution in [0.3, 0.4) is 0 Å². The highest BCUT2D eigenvalue weighted by Gasteiger charge is 2.12. The molecular formula is C21H23NO4. The molecule has 0 aliphatic rings. The molecule has 5 nitrogen and oxygen atoms in total. The van der Waals surface area contributed by atoms with Crippen molar-refractivity contribution in [1.82, 2.24) is 4.90 Å². The first-order chi connectivity index (χ1) is 12.5. The summed E-state index contributed by atoms with van der Waals surface area (Å²) in [6, 6.07) is 12.8. The molecule has 5 heteroatoms. The lowest BCUT2D eigenvalue weighted by Crippen LogP contribution is -2.19. The number of ether oxygens (including phenoxy) is 3. The normalized spacial score (nSPS) is 10.0. The summed E-state index contributed by atoms with van der Waals surface area (Å²) in [5.41, 5.74) is 2.00. The Kier molecular flexibility index (Phi) is 7.07. The van der Waals surface area contributed by atoms with Gasteiger partial charge in [-0.05, 0) is 56.6 Å². The Labute approximate surface area is 154 Å². The lowest BCUT2D eigenvalue weighted by molar-refractivity contribution is 0.0597. The van der Waals surface area contributed by atoms with E-state index in [2.05, 4.69) is 16.7 Å². The molecule has 0 fully saturated rings. The van der Waals surface area contributed by atoms with E-state index in [4.69, 9.17) is 14.2 Å². The van der Waals surface area contributed by atoms with Crippen molar-refractivity contribution in [3.63, 3.8) is 0 Å². The molecule has 0 aliphatic carbocycles. The number of carbonyl (C=O) groups excluding carboxylic acids is 1. The molecule has 2 aromatic carbocycles. The zero-order chi connectivity index (χ0) is 18.9. The SMILES string of the molecule is COC(=O)c1ccc(C#Cc2ccc(OCCN(C)C)cc2)cc1OC. The van der Waals surface area contributed by atoms with E-state index < -0.39 is 5.97 Å². The molecule has 0 radical (unpaired) electrons. The minimum absolute atomic E-state index is 0.375. The molecule has 0 aromatic heterocycles. The van der Waals surface area contributed by atoms with Gasteiger partial charge < -0.3 is 19.1 Å². The van der Waals surface area contributed by atoms with Crippen LogP contribution in [0.4, 0.5) is 0 Å². The molecule has 2 rings (SSSR count). The van der Waals surface area contributed by atoms with E-state index in [9.17, 15) is 4.79 Å². The summed E-state index contributed by atoms with van der Waals surface area (Å²) in [4.78, 5) is 13.7. The lowest BCUT2D eigenvalue weighted by Gasteiger charge is -2.10. The molecule has 0 spiro atoms. The van der Waals surface area contributed by atoms with E-state index in [0.717, 1.165) is 23.4 Å². The zero-order valence-electron chi connectivity index (χ0n) is 15.5. The van der Waals surface area contributed by atoms with E-state index in [-0.39, 0.29) is 0 Å². The monoisotopic (exact) mass is 353 g/mol. The second-order valence-electron chi connectivity index (χ2n) is 5.83. The maximum absolute atomic E-state index is 11.7. The molecule has 0 atom stereocenters.